The lowest BCUT2D eigenvalue weighted by Gasteiger charge is -2.10. The van der Waals surface area contributed by atoms with Crippen molar-refractivity contribution in [2.75, 3.05) is 0 Å². The minimum Gasteiger partial charge on any atom is -0.459 e. The van der Waals surface area contributed by atoms with Crippen LogP contribution in [0.5, 0.6) is 0 Å². The summed E-state index contributed by atoms with van der Waals surface area (Å²) in [5.41, 5.74) is 1.08. The molecule has 25 heavy (non-hydrogen) atoms. The molecule has 0 aliphatic carbocycles. The molecule has 0 bridgehead atoms. The lowest BCUT2D eigenvalue weighted by atomic mass is 10.0. The Morgan fingerprint density at radius 1 is 0.840 bits per heavy atom. The van der Waals surface area contributed by atoms with Gasteiger partial charge in [-0.25, -0.2) is 9.59 Å². The third-order valence-electron chi connectivity index (χ3n) is 3.79. The first-order valence-corrected chi connectivity index (χ1v) is 8.34. The van der Waals surface area contributed by atoms with E-state index >= 15 is 0 Å². The topological polar surface area (TPSA) is 68.4 Å². The second kappa shape index (κ2) is 6.59. The Balaban J connectivity index is 2.26. The number of aromatic nitrogens is 1. The molecule has 0 fully saturated rings. The Morgan fingerprint density at radius 3 is 2.16 bits per heavy atom. The molecular formula is C20H21NO4. The molecule has 5 nitrogen and oxygen atoms in total. The van der Waals surface area contributed by atoms with Crippen molar-refractivity contribution in [2.45, 2.75) is 39.9 Å². The fourth-order valence-electron chi connectivity index (χ4n) is 2.85. The zero-order chi connectivity index (χ0) is 18.1. The van der Waals surface area contributed by atoms with Crippen LogP contribution < -0.4 is 0 Å². The summed E-state index contributed by atoms with van der Waals surface area (Å²) >= 11 is 0. The van der Waals surface area contributed by atoms with Gasteiger partial charge in [0.1, 0.15) is 5.69 Å². The number of ether oxygens (including phenoxy) is 2. The quantitative estimate of drug-likeness (QED) is 0.713. The molecule has 0 unspecified atom stereocenters. The summed E-state index contributed by atoms with van der Waals surface area (Å²) in [4.78, 5) is 28.2. The predicted octanol–water partition coefficient (Wildman–Crippen LogP) is 4.45. The zero-order valence-corrected chi connectivity index (χ0v) is 14.8. The van der Waals surface area contributed by atoms with E-state index < -0.39 is 11.9 Å². The van der Waals surface area contributed by atoms with Crippen molar-refractivity contribution in [3.63, 3.8) is 0 Å². The summed E-state index contributed by atoms with van der Waals surface area (Å²) in [5, 5.41) is 2.60. The number of benzene rings is 2. The molecule has 1 N–H and O–H groups in total. The van der Waals surface area contributed by atoms with E-state index in [0.717, 1.165) is 16.3 Å². The molecule has 3 rings (SSSR count). The number of H-pyrrole nitrogens is 1. The molecule has 0 saturated carbocycles. The minimum absolute atomic E-state index is 0.130. The predicted molar refractivity (Wildman–Crippen MR) is 96.9 cm³/mol. The van der Waals surface area contributed by atoms with Crippen LogP contribution in [0.4, 0.5) is 0 Å². The summed E-state index contributed by atoms with van der Waals surface area (Å²) in [7, 11) is 0. The van der Waals surface area contributed by atoms with Crippen LogP contribution in [0.2, 0.25) is 0 Å². The Kier molecular flexibility index (Phi) is 4.49. The van der Waals surface area contributed by atoms with Gasteiger partial charge >= 0.3 is 11.9 Å². The fraction of sp³-hybridized carbons (Fsp3) is 0.300. The van der Waals surface area contributed by atoms with E-state index in [1.165, 1.54) is 0 Å². The molecule has 3 aromatic rings. The van der Waals surface area contributed by atoms with Gasteiger partial charge in [0, 0.05) is 10.8 Å². The van der Waals surface area contributed by atoms with Gasteiger partial charge in [0.2, 0.25) is 0 Å². The van der Waals surface area contributed by atoms with Gasteiger partial charge in [-0.2, -0.15) is 0 Å². The van der Waals surface area contributed by atoms with Crippen molar-refractivity contribution in [3.05, 3.63) is 47.7 Å². The second-order valence-corrected chi connectivity index (χ2v) is 6.49. The number of aromatic amines is 1. The Morgan fingerprint density at radius 2 is 1.48 bits per heavy atom. The molecule has 0 aliphatic heterocycles. The summed E-state index contributed by atoms with van der Waals surface area (Å²) in [6.45, 7) is 7.08. The maximum Gasteiger partial charge on any atom is 0.355 e. The van der Waals surface area contributed by atoms with Crippen LogP contribution >= 0.6 is 0 Å². The third kappa shape index (κ3) is 3.22. The molecule has 0 amide bonds. The van der Waals surface area contributed by atoms with E-state index in [4.69, 9.17) is 9.47 Å². The van der Waals surface area contributed by atoms with E-state index in [-0.39, 0.29) is 23.5 Å². The van der Waals surface area contributed by atoms with E-state index in [1.54, 1.807) is 27.7 Å². The molecule has 130 valence electrons. The third-order valence-corrected chi connectivity index (χ3v) is 3.79. The van der Waals surface area contributed by atoms with Crippen molar-refractivity contribution in [2.24, 2.45) is 0 Å². The molecule has 0 atom stereocenters. The van der Waals surface area contributed by atoms with Crippen molar-refractivity contribution >= 4 is 33.6 Å². The highest BCUT2D eigenvalue weighted by Gasteiger charge is 2.27. The molecule has 5 heteroatoms. The summed E-state index contributed by atoms with van der Waals surface area (Å²) in [6, 6.07) is 11.5. The average molecular weight is 339 g/mol. The van der Waals surface area contributed by atoms with Crippen molar-refractivity contribution in [1.29, 1.82) is 0 Å². The SMILES string of the molecule is CC(C)OC(=O)c1[nH]c2c(ccc3ccccc32)c1C(=O)OC(C)C. The average Bonchev–Trinajstić information content (AvgIpc) is 2.93. The minimum atomic E-state index is -0.564. The summed E-state index contributed by atoms with van der Waals surface area (Å²) < 4.78 is 10.6. The normalized spacial score (nSPS) is 11.4. The molecule has 0 saturated heterocycles. The van der Waals surface area contributed by atoms with Gasteiger partial charge in [0.15, 0.2) is 0 Å². The van der Waals surface area contributed by atoms with E-state index in [9.17, 15) is 9.59 Å². The smallest absolute Gasteiger partial charge is 0.355 e. The van der Waals surface area contributed by atoms with Crippen molar-refractivity contribution in [1.82, 2.24) is 4.98 Å². The summed E-state index contributed by atoms with van der Waals surface area (Å²) in [6.07, 6.45) is -0.573. The number of esters is 2. The number of fused-ring (bicyclic) bond motifs is 3. The van der Waals surface area contributed by atoms with Crippen LogP contribution in [-0.4, -0.2) is 29.1 Å². The van der Waals surface area contributed by atoms with E-state index in [0.29, 0.717) is 5.39 Å². The van der Waals surface area contributed by atoms with Gasteiger partial charge in [-0.15, -0.1) is 0 Å². The summed E-state index contributed by atoms with van der Waals surface area (Å²) in [5.74, 6) is -1.10. The molecule has 2 aromatic carbocycles. The molecule has 0 aliphatic rings. The zero-order valence-electron chi connectivity index (χ0n) is 14.8. The van der Waals surface area contributed by atoms with Gasteiger partial charge in [0.05, 0.1) is 23.3 Å². The van der Waals surface area contributed by atoms with Crippen LogP contribution in [0.25, 0.3) is 21.7 Å². The second-order valence-electron chi connectivity index (χ2n) is 6.49. The van der Waals surface area contributed by atoms with Crippen LogP contribution in [-0.2, 0) is 9.47 Å². The molecule has 0 radical (unpaired) electrons. The first-order valence-electron chi connectivity index (χ1n) is 8.34. The van der Waals surface area contributed by atoms with Gasteiger partial charge in [-0.3, -0.25) is 0 Å². The molecule has 1 aromatic heterocycles. The Hall–Kier alpha value is -2.82. The van der Waals surface area contributed by atoms with Crippen LogP contribution in [0.15, 0.2) is 36.4 Å². The standard InChI is InChI=1S/C20H21NO4/c1-11(2)24-19(22)16-15-10-9-13-7-5-6-8-14(13)17(15)21-18(16)20(23)25-12(3)4/h5-12,21H,1-4H3. The Bertz CT molecular complexity index is 953. The first kappa shape index (κ1) is 17.0. The highest BCUT2D eigenvalue weighted by molar-refractivity contribution is 6.18. The van der Waals surface area contributed by atoms with E-state index in [2.05, 4.69) is 4.98 Å². The molecular weight excluding hydrogens is 318 g/mol. The number of carbonyl (C=O) groups is 2. The largest absolute Gasteiger partial charge is 0.459 e. The van der Waals surface area contributed by atoms with Gasteiger partial charge < -0.3 is 14.5 Å². The van der Waals surface area contributed by atoms with Crippen LogP contribution in [0.1, 0.15) is 48.5 Å². The molecule has 1 heterocycles. The maximum atomic E-state index is 12.6. The fourth-order valence-corrected chi connectivity index (χ4v) is 2.85. The van der Waals surface area contributed by atoms with Crippen LogP contribution in [0.3, 0.4) is 0 Å². The van der Waals surface area contributed by atoms with E-state index in [1.807, 2.05) is 36.4 Å². The highest BCUT2D eigenvalue weighted by atomic mass is 16.5. The number of hydrogen-bond acceptors (Lipinski definition) is 4. The lowest BCUT2D eigenvalue weighted by Crippen LogP contribution is -2.18. The monoisotopic (exact) mass is 339 g/mol. The maximum absolute atomic E-state index is 12.6. The number of hydrogen-bond donors (Lipinski definition) is 1. The lowest BCUT2D eigenvalue weighted by molar-refractivity contribution is 0.0326. The molecule has 0 spiro atoms. The van der Waals surface area contributed by atoms with Gasteiger partial charge in [-0.05, 0) is 33.1 Å². The number of rotatable bonds is 4. The Labute approximate surface area is 145 Å². The van der Waals surface area contributed by atoms with Crippen molar-refractivity contribution < 1.29 is 19.1 Å². The highest BCUT2D eigenvalue weighted by Crippen LogP contribution is 2.30. The van der Waals surface area contributed by atoms with Gasteiger partial charge in [0.25, 0.3) is 0 Å². The first-order chi connectivity index (χ1) is 11.9. The number of nitrogens with one attached hydrogen (secondary N) is 1. The van der Waals surface area contributed by atoms with Crippen molar-refractivity contribution in [3.8, 4) is 0 Å². The van der Waals surface area contributed by atoms with Gasteiger partial charge in [-0.1, -0.05) is 36.4 Å². The van der Waals surface area contributed by atoms with Crippen LogP contribution in [0, 0.1) is 0 Å². The number of carbonyl (C=O) groups excluding carboxylic acids is 2.